The summed E-state index contributed by atoms with van der Waals surface area (Å²) in [4.78, 5) is 13.8. The molecule has 2 aromatic carbocycles. The Bertz CT molecular complexity index is 655. The number of para-hydroxylation sites is 1. The van der Waals surface area contributed by atoms with E-state index in [2.05, 4.69) is 15.9 Å². The van der Waals surface area contributed by atoms with Crippen molar-refractivity contribution in [2.45, 2.75) is 6.54 Å². The van der Waals surface area contributed by atoms with E-state index in [1.165, 1.54) is 0 Å². The molecule has 5 heteroatoms. The molecule has 2 N–H and O–H groups in total. The second kappa shape index (κ2) is 5.17. The van der Waals surface area contributed by atoms with Crippen LogP contribution in [0.15, 0.2) is 46.9 Å². The summed E-state index contributed by atoms with van der Waals surface area (Å²) in [5.41, 5.74) is 8.24. The van der Waals surface area contributed by atoms with Crippen LogP contribution < -0.4 is 15.4 Å². The van der Waals surface area contributed by atoms with Crippen LogP contribution in [0.4, 0.5) is 11.4 Å². The fourth-order valence-corrected chi connectivity index (χ4v) is 2.49. The van der Waals surface area contributed by atoms with Crippen LogP contribution in [-0.2, 0) is 11.3 Å². The summed E-state index contributed by atoms with van der Waals surface area (Å²) in [6.07, 6.45) is 0. The number of halogens is 1. The smallest absolute Gasteiger partial charge is 0.265 e. The highest BCUT2D eigenvalue weighted by Crippen LogP contribution is 2.37. The van der Waals surface area contributed by atoms with E-state index in [1.54, 1.807) is 11.0 Å². The van der Waals surface area contributed by atoms with E-state index in [0.717, 1.165) is 10.0 Å². The molecule has 1 aliphatic heterocycles. The van der Waals surface area contributed by atoms with Gasteiger partial charge in [0.1, 0.15) is 11.4 Å². The third kappa shape index (κ3) is 2.36. The first-order chi connectivity index (χ1) is 9.65. The number of carbonyl (C=O) groups excluding carboxylic acids is 1. The third-order valence-electron chi connectivity index (χ3n) is 3.21. The summed E-state index contributed by atoms with van der Waals surface area (Å²) in [5, 5.41) is 0. The number of benzene rings is 2. The molecule has 0 spiro atoms. The highest BCUT2D eigenvalue weighted by atomic mass is 79.9. The van der Waals surface area contributed by atoms with Gasteiger partial charge in [-0.05, 0) is 29.8 Å². The summed E-state index contributed by atoms with van der Waals surface area (Å²) < 4.78 is 6.43. The van der Waals surface area contributed by atoms with E-state index in [4.69, 9.17) is 10.5 Å². The Labute approximate surface area is 125 Å². The van der Waals surface area contributed by atoms with Crippen LogP contribution in [0.1, 0.15) is 5.56 Å². The van der Waals surface area contributed by atoms with Crippen LogP contribution in [0.5, 0.6) is 5.75 Å². The minimum Gasteiger partial charge on any atom is -0.481 e. The van der Waals surface area contributed by atoms with Crippen molar-refractivity contribution in [1.29, 1.82) is 0 Å². The second-order valence-corrected chi connectivity index (χ2v) is 5.50. The van der Waals surface area contributed by atoms with Gasteiger partial charge in [0, 0.05) is 4.47 Å². The molecule has 0 fully saturated rings. The number of hydrogen-bond donors (Lipinski definition) is 1. The van der Waals surface area contributed by atoms with Crippen molar-refractivity contribution >= 4 is 33.2 Å². The molecule has 102 valence electrons. The molecule has 0 unspecified atom stereocenters. The zero-order chi connectivity index (χ0) is 14.1. The van der Waals surface area contributed by atoms with Gasteiger partial charge in [0.2, 0.25) is 0 Å². The molecule has 0 bridgehead atoms. The Morgan fingerprint density at radius 2 is 1.95 bits per heavy atom. The fourth-order valence-electron chi connectivity index (χ4n) is 2.23. The van der Waals surface area contributed by atoms with Gasteiger partial charge in [-0.15, -0.1) is 0 Å². The van der Waals surface area contributed by atoms with E-state index < -0.39 is 0 Å². The van der Waals surface area contributed by atoms with Crippen LogP contribution in [0.3, 0.4) is 0 Å². The quantitative estimate of drug-likeness (QED) is 0.860. The number of nitrogens with zero attached hydrogens (tertiary/aromatic N) is 1. The van der Waals surface area contributed by atoms with Gasteiger partial charge >= 0.3 is 0 Å². The molecule has 1 heterocycles. The number of nitrogens with two attached hydrogens (primary N) is 1. The molecule has 20 heavy (non-hydrogen) atoms. The first-order valence-electron chi connectivity index (χ1n) is 6.21. The molecule has 0 aliphatic carbocycles. The van der Waals surface area contributed by atoms with Crippen molar-refractivity contribution in [3.05, 3.63) is 52.5 Å². The fraction of sp³-hybridized carbons (Fsp3) is 0.133. The van der Waals surface area contributed by atoms with Gasteiger partial charge in [-0.3, -0.25) is 9.69 Å². The first-order valence-corrected chi connectivity index (χ1v) is 7.00. The van der Waals surface area contributed by atoms with Gasteiger partial charge in [-0.1, -0.05) is 34.1 Å². The minimum absolute atomic E-state index is 0.0486. The molecule has 1 amide bonds. The van der Waals surface area contributed by atoms with Gasteiger partial charge in [-0.25, -0.2) is 0 Å². The predicted molar refractivity (Wildman–Crippen MR) is 81.7 cm³/mol. The zero-order valence-corrected chi connectivity index (χ0v) is 12.3. The van der Waals surface area contributed by atoms with E-state index in [-0.39, 0.29) is 12.5 Å². The second-order valence-electron chi connectivity index (χ2n) is 4.59. The number of anilines is 2. The topological polar surface area (TPSA) is 55.6 Å². The average molecular weight is 333 g/mol. The lowest BCUT2D eigenvalue weighted by atomic mass is 10.1. The van der Waals surface area contributed by atoms with Crippen LogP contribution in [-0.4, -0.2) is 12.5 Å². The summed E-state index contributed by atoms with van der Waals surface area (Å²) >= 11 is 3.40. The monoisotopic (exact) mass is 332 g/mol. The Morgan fingerprint density at radius 1 is 1.20 bits per heavy atom. The summed E-state index contributed by atoms with van der Waals surface area (Å²) in [5.74, 6) is 0.569. The lowest BCUT2D eigenvalue weighted by Crippen LogP contribution is -2.38. The zero-order valence-electron chi connectivity index (χ0n) is 10.7. The summed E-state index contributed by atoms with van der Waals surface area (Å²) in [6.45, 7) is 0.531. The molecule has 1 aliphatic rings. The van der Waals surface area contributed by atoms with Crippen molar-refractivity contribution in [3.63, 3.8) is 0 Å². The molecule has 0 atom stereocenters. The number of nitrogen functional groups attached to an aromatic ring is 1. The maximum atomic E-state index is 12.1. The van der Waals surface area contributed by atoms with Crippen molar-refractivity contribution in [3.8, 4) is 5.75 Å². The molecule has 3 rings (SSSR count). The molecule has 4 nitrogen and oxygen atoms in total. The van der Waals surface area contributed by atoms with Crippen LogP contribution in [0.25, 0.3) is 0 Å². The van der Waals surface area contributed by atoms with Gasteiger partial charge in [0.05, 0.1) is 12.2 Å². The lowest BCUT2D eigenvalue weighted by molar-refractivity contribution is -0.121. The Hall–Kier alpha value is -2.01. The highest BCUT2D eigenvalue weighted by Gasteiger charge is 2.27. The van der Waals surface area contributed by atoms with Crippen molar-refractivity contribution in [1.82, 2.24) is 0 Å². The maximum absolute atomic E-state index is 12.1. The van der Waals surface area contributed by atoms with Crippen molar-refractivity contribution in [2.75, 3.05) is 17.2 Å². The summed E-state index contributed by atoms with van der Waals surface area (Å²) in [7, 11) is 0. The largest absolute Gasteiger partial charge is 0.481 e. The van der Waals surface area contributed by atoms with E-state index in [1.807, 2.05) is 36.4 Å². The number of carbonyl (C=O) groups is 1. The Balaban J connectivity index is 1.97. The predicted octanol–water partition coefficient (Wildman–Crippen LogP) is 2.96. The normalized spacial score (nSPS) is 13.8. The lowest BCUT2D eigenvalue weighted by Gasteiger charge is -2.30. The number of rotatable bonds is 2. The number of amides is 1. The molecule has 0 aromatic heterocycles. The van der Waals surface area contributed by atoms with Crippen LogP contribution in [0, 0.1) is 0 Å². The van der Waals surface area contributed by atoms with Gasteiger partial charge in [0.15, 0.2) is 6.61 Å². The SMILES string of the molecule is Nc1cccc2c1N(Cc1ccc(Br)cc1)C(=O)CO2. The van der Waals surface area contributed by atoms with E-state index in [0.29, 0.717) is 23.7 Å². The van der Waals surface area contributed by atoms with Crippen molar-refractivity contribution < 1.29 is 9.53 Å². The maximum Gasteiger partial charge on any atom is 0.265 e. The van der Waals surface area contributed by atoms with Crippen LogP contribution in [0.2, 0.25) is 0 Å². The third-order valence-corrected chi connectivity index (χ3v) is 3.73. The molecular weight excluding hydrogens is 320 g/mol. The Morgan fingerprint density at radius 3 is 2.70 bits per heavy atom. The van der Waals surface area contributed by atoms with Gasteiger partial charge < -0.3 is 10.5 Å². The molecule has 0 radical (unpaired) electrons. The standard InChI is InChI=1S/C15H13BrN2O2/c16-11-6-4-10(5-7-11)8-18-14(19)9-20-13-3-1-2-12(17)15(13)18/h1-7H,8-9,17H2. The molecule has 0 saturated heterocycles. The number of fused-ring (bicyclic) bond motifs is 1. The summed E-state index contributed by atoms with van der Waals surface area (Å²) in [6, 6.07) is 13.3. The van der Waals surface area contributed by atoms with Gasteiger partial charge in [0.25, 0.3) is 5.91 Å². The van der Waals surface area contributed by atoms with Gasteiger partial charge in [-0.2, -0.15) is 0 Å². The first kappa shape index (κ1) is 13.0. The Kier molecular flexibility index (Phi) is 3.36. The van der Waals surface area contributed by atoms with E-state index >= 15 is 0 Å². The van der Waals surface area contributed by atoms with Crippen LogP contribution >= 0.6 is 15.9 Å². The number of hydrogen-bond acceptors (Lipinski definition) is 3. The molecule has 2 aromatic rings. The average Bonchev–Trinajstić information content (AvgIpc) is 2.44. The number of ether oxygens (including phenoxy) is 1. The minimum atomic E-state index is -0.0849. The highest BCUT2D eigenvalue weighted by molar-refractivity contribution is 9.10. The van der Waals surface area contributed by atoms with Crippen molar-refractivity contribution in [2.24, 2.45) is 0 Å². The molecular formula is C15H13BrN2O2. The molecule has 0 saturated carbocycles. The van der Waals surface area contributed by atoms with E-state index in [9.17, 15) is 4.79 Å².